The van der Waals surface area contributed by atoms with Crippen molar-refractivity contribution in [2.75, 3.05) is 0 Å². The highest BCUT2D eigenvalue weighted by Crippen LogP contribution is 2.28. The monoisotopic (exact) mass is 338 g/mol. The first-order valence-electron chi connectivity index (χ1n) is 7.19. The number of nitriles is 1. The molecule has 1 aromatic rings. The normalized spacial score (nSPS) is 19.9. The van der Waals surface area contributed by atoms with Crippen LogP contribution >= 0.6 is 15.9 Å². The largest absolute Gasteiger partial charge is 0.293 e. The summed E-state index contributed by atoms with van der Waals surface area (Å²) in [7, 11) is 0. The second kappa shape index (κ2) is 6.69. The van der Waals surface area contributed by atoms with Crippen LogP contribution in [0.2, 0.25) is 0 Å². The lowest BCUT2D eigenvalue weighted by atomic mass is 9.91. The van der Waals surface area contributed by atoms with Crippen molar-refractivity contribution in [3.8, 4) is 6.07 Å². The van der Waals surface area contributed by atoms with E-state index in [1.165, 1.54) is 31.7 Å². The fraction of sp³-hybridized carbons (Fsp3) is 0.562. The van der Waals surface area contributed by atoms with Crippen molar-refractivity contribution in [3.05, 3.63) is 34.1 Å². The van der Waals surface area contributed by atoms with Crippen LogP contribution < -0.4 is 5.32 Å². The first kappa shape index (κ1) is 15.5. The molecular weight excluding hydrogens is 319 g/mol. The molecule has 0 spiro atoms. The van der Waals surface area contributed by atoms with Gasteiger partial charge >= 0.3 is 0 Å². The van der Waals surface area contributed by atoms with Crippen LogP contribution in [0.3, 0.4) is 0 Å². The summed E-state index contributed by atoms with van der Waals surface area (Å²) >= 11 is 3.25. The predicted molar refractivity (Wildman–Crippen MR) is 81.7 cm³/mol. The maximum absolute atomic E-state index is 14.1. The van der Waals surface area contributed by atoms with Crippen molar-refractivity contribution in [1.29, 1.82) is 5.26 Å². The highest BCUT2D eigenvalue weighted by molar-refractivity contribution is 9.10. The zero-order chi connectivity index (χ0) is 14.6. The standard InChI is InChI=1S/C16H20BrFN2/c1-16(11-19,14-9-8-12(17)10-15(14)18)20-13-6-4-2-3-5-7-13/h8-10,13,20H,2-7H2,1H3. The van der Waals surface area contributed by atoms with Crippen LogP contribution in [0.25, 0.3) is 0 Å². The molecule has 1 atom stereocenters. The molecule has 4 heteroatoms. The van der Waals surface area contributed by atoms with Gasteiger partial charge in [0.2, 0.25) is 0 Å². The molecule has 1 fully saturated rings. The molecule has 1 aliphatic rings. The molecule has 0 aromatic heterocycles. The predicted octanol–water partition coefficient (Wildman–Crippen LogP) is 4.64. The molecule has 0 heterocycles. The fourth-order valence-corrected chi connectivity index (χ4v) is 3.23. The molecule has 0 saturated heterocycles. The SMILES string of the molecule is CC(C#N)(NC1CCCCCC1)c1ccc(Br)cc1F. The number of halogens is 2. The van der Waals surface area contributed by atoms with E-state index in [0.717, 1.165) is 12.8 Å². The Bertz CT molecular complexity index is 504. The highest BCUT2D eigenvalue weighted by Gasteiger charge is 2.32. The first-order chi connectivity index (χ1) is 9.55. The molecule has 2 rings (SSSR count). The molecule has 0 amide bonds. The number of hydrogen-bond acceptors (Lipinski definition) is 2. The summed E-state index contributed by atoms with van der Waals surface area (Å²) in [6.07, 6.45) is 7.01. The van der Waals surface area contributed by atoms with Crippen LogP contribution in [-0.2, 0) is 5.54 Å². The van der Waals surface area contributed by atoms with E-state index in [1.807, 2.05) is 0 Å². The summed E-state index contributed by atoms with van der Waals surface area (Å²) in [4.78, 5) is 0. The maximum Gasteiger partial charge on any atom is 0.132 e. The lowest BCUT2D eigenvalue weighted by Crippen LogP contribution is -2.45. The maximum atomic E-state index is 14.1. The molecule has 0 bridgehead atoms. The van der Waals surface area contributed by atoms with E-state index in [0.29, 0.717) is 16.1 Å². The number of nitrogens with one attached hydrogen (secondary N) is 1. The van der Waals surface area contributed by atoms with Gasteiger partial charge in [0, 0.05) is 16.1 Å². The molecule has 2 nitrogen and oxygen atoms in total. The minimum atomic E-state index is -0.972. The fourth-order valence-electron chi connectivity index (χ4n) is 2.90. The smallest absolute Gasteiger partial charge is 0.132 e. The molecule has 1 aromatic carbocycles. The second-order valence-corrected chi connectivity index (χ2v) is 6.61. The van der Waals surface area contributed by atoms with Crippen LogP contribution in [-0.4, -0.2) is 6.04 Å². The minimum absolute atomic E-state index is 0.296. The molecule has 108 valence electrons. The van der Waals surface area contributed by atoms with Gasteiger partial charge in [0.15, 0.2) is 0 Å². The van der Waals surface area contributed by atoms with E-state index >= 15 is 0 Å². The van der Waals surface area contributed by atoms with Gasteiger partial charge in [0.05, 0.1) is 6.07 Å². The van der Waals surface area contributed by atoms with Crippen LogP contribution in [0.5, 0.6) is 0 Å². The van der Waals surface area contributed by atoms with Gasteiger partial charge in [-0.2, -0.15) is 5.26 Å². The number of rotatable bonds is 3. The Labute approximate surface area is 128 Å². The van der Waals surface area contributed by atoms with Crippen molar-refractivity contribution in [3.63, 3.8) is 0 Å². The van der Waals surface area contributed by atoms with E-state index < -0.39 is 5.54 Å². The topological polar surface area (TPSA) is 35.8 Å². The Morgan fingerprint density at radius 1 is 1.30 bits per heavy atom. The Morgan fingerprint density at radius 2 is 1.95 bits per heavy atom. The second-order valence-electron chi connectivity index (χ2n) is 5.69. The Morgan fingerprint density at radius 3 is 2.50 bits per heavy atom. The van der Waals surface area contributed by atoms with Crippen molar-refractivity contribution in [2.45, 2.75) is 57.0 Å². The zero-order valence-corrected chi connectivity index (χ0v) is 13.3. The van der Waals surface area contributed by atoms with Crippen LogP contribution in [0.4, 0.5) is 4.39 Å². The number of benzene rings is 1. The third-order valence-corrected chi connectivity index (χ3v) is 4.53. The van der Waals surface area contributed by atoms with Crippen LogP contribution in [0.1, 0.15) is 51.0 Å². The summed E-state index contributed by atoms with van der Waals surface area (Å²) < 4.78 is 14.8. The Hall–Kier alpha value is -0.920. The summed E-state index contributed by atoms with van der Waals surface area (Å²) in [5, 5.41) is 12.9. The molecule has 1 N–H and O–H groups in total. The van der Waals surface area contributed by atoms with Gasteiger partial charge in [-0.1, -0.05) is 47.7 Å². The van der Waals surface area contributed by atoms with E-state index in [-0.39, 0.29) is 5.82 Å². The summed E-state index contributed by atoms with van der Waals surface area (Å²) in [5.74, 6) is -0.343. The molecule has 20 heavy (non-hydrogen) atoms. The van der Waals surface area contributed by atoms with Gasteiger partial charge in [0.25, 0.3) is 0 Å². The van der Waals surface area contributed by atoms with Crippen molar-refractivity contribution < 1.29 is 4.39 Å². The van der Waals surface area contributed by atoms with Crippen molar-refractivity contribution >= 4 is 15.9 Å². The highest BCUT2D eigenvalue weighted by atomic mass is 79.9. The van der Waals surface area contributed by atoms with Gasteiger partial charge < -0.3 is 0 Å². The van der Waals surface area contributed by atoms with Gasteiger partial charge in [-0.3, -0.25) is 5.32 Å². The quantitative estimate of drug-likeness (QED) is 0.815. The number of nitrogens with zero attached hydrogens (tertiary/aromatic N) is 1. The van der Waals surface area contributed by atoms with Gasteiger partial charge in [-0.25, -0.2) is 4.39 Å². The summed E-state index contributed by atoms with van der Waals surface area (Å²) in [6, 6.07) is 7.44. The van der Waals surface area contributed by atoms with Crippen LogP contribution in [0.15, 0.2) is 22.7 Å². The minimum Gasteiger partial charge on any atom is -0.293 e. The first-order valence-corrected chi connectivity index (χ1v) is 7.99. The average molecular weight is 339 g/mol. The molecule has 1 saturated carbocycles. The van der Waals surface area contributed by atoms with E-state index in [1.54, 1.807) is 19.1 Å². The average Bonchev–Trinajstić information content (AvgIpc) is 2.67. The van der Waals surface area contributed by atoms with Gasteiger partial charge in [0.1, 0.15) is 11.4 Å². The Kier molecular flexibility index (Phi) is 5.17. The zero-order valence-electron chi connectivity index (χ0n) is 11.8. The molecule has 0 radical (unpaired) electrons. The molecule has 1 unspecified atom stereocenters. The molecular formula is C16H20BrFN2. The van der Waals surface area contributed by atoms with Gasteiger partial charge in [-0.15, -0.1) is 0 Å². The Balaban J connectivity index is 2.21. The molecule has 0 aliphatic heterocycles. The summed E-state index contributed by atoms with van der Waals surface area (Å²) in [5.41, 5.74) is -0.549. The number of hydrogen-bond donors (Lipinski definition) is 1. The third-order valence-electron chi connectivity index (χ3n) is 4.04. The van der Waals surface area contributed by atoms with Crippen LogP contribution in [0, 0.1) is 17.1 Å². The lowest BCUT2D eigenvalue weighted by Gasteiger charge is -2.29. The van der Waals surface area contributed by atoms with Crippen molar-refractivity contribution in [2.24, 2.45) is 0 Å². The third kappa shape index (κ3) is 3.59. The lowest BCUT2D eigenvalue weighted by molar-refractivity contribution is 0.348. The summed E-state index contributed by atoms with van der Waals surface area (Å²) in [6.45, 7) is 1.77. The molecule has 1 aliphatic carbocycles. The van der Waals surface area contributed by atoms with E-state index in [4.69, 9.17) is 0 Å². The van der Waals surface area contributed by atoms with E-state index in [2.05, 4.69) is 27.3 Å². The van der Waals surface area contributed by atoms with Gasteiger partial charge in [-0.05, 0) is 31.9 Å². The van der Waals surface area contributed by atoms with Crippen molar-refractivity contribution in [1.82, 2.24) is 5.32 Å². The van der Waals surface area contributed by atoms with E-state index in [9.17, 15) is 9.65 Å².